The maximum atomic E-state index is 13.3. The van der Waals surface area contributed by atoms with Crippen LogP contribution in [-0.2, 0) is 33.0 Å². The topological polar surface area (TPSA) is 141 Å². The van der Waals surface area contributed by atoms with Crippen LogP contribution in [0.2, 0.25) is 0 Å². The lowest BCUT2D eigenvalue weighted by atomic mass is 9.91. The molecule has 3 aliphatic rings. The summed E-state index contributed by atoms with van der Waals surface area (Å²) in [4.78, 5) is 31.7. The predicted octanol–water partition coefficient (Wildman–Crippen LogP) is 2.29. The Morgan fingerprint density at radius 1 is 1.02 bits per heavy atom. The Labute approximate surface area is 232 Å². The average Bonchev–Trinajstić information content (AvgIpc) is 3.57. The maximum absolute atomic E-state index is 13.3. The number of rotatable bonds is 6. The van der Waals surface area contributed by atoms with Crippen LogP contribution in [0.25, 0.3) is 11.1 Å². The van der Waals surface area contributed by atoms with Crippen molar-refractivity contribution in [2.75, 3.05) is 39.4 Å². The van der Waals surface area contributed by atoms with Gasteiger partial charge < -0.3 is 18.6 Å². The van der Waals surface area contributed by atoms with E-state index in [9.17, 15) is 18.0 Å². The van der Waals surface area contributed by atoms with E-state index in [0.717, 1.165) is 51.1 Å². The number of piperidine rings is 2. The van der Waals surface area contributed by atoms with Crippen LogP contribution >= 0.6 is 0 Å². The van der Waals surface area contributed by atoms with Crippen LogP contribution < -0.4 is 5.76 Å². The lowest BCUT2D eigenvalue weighted by Crippen LogP contribution is -2.46. The van der Waals surface area contributed by atoms with Gasteiger partial charge in [0, 0.05) is 70.8 Å². The van der Waals surface area contributed by atoms with Crippen LogP contribution in [0.4, 0.5) is 0 Å². The minimum absolute atomic E-state index is 0.0855. The SMILES string of the molecule is Cn1c(=O)oc2cc(S(=O)(=O)N3CCC(C(=O)N4CCC(Cc5nc(C6CCOCC6)no5)CC4)CC3)ccc21. The quantitative estimate of drug-likeness (QED) is 0.434. The minimum atomic E-state index is -3.76. The van der Waals surface area contributed by atoms with Crippen LogP contribution in [0.3, 0.4) is 0 Å². The number of ether oxygens (including phenoxy) is 1. The number of benzene rings is 1. The molecule has 0 N–H and O–H groups in total. The van der Waals surface area contributed by atoms with Crippen LogP contribution in [0.5, 0.6) is 0 Å². The highest BCUT2D eigenvalue weighted by Gasteiger charge is 2.35. The molecule has 0 radical (unpaired) electrons. The van der Waals surface area contributed by atoms with Gasteiger partial charge in [0.05, 0.1) is 10.4 Å². The third kappa shape index (κ3) is 5.34. The molecule has 0 atom stereocenters. The van der Waals surface area contributed by atoms with E-state index in [2.05, 4.69) is 10.1 Å². The summed E-state index contributed by atoms with van der Waals surface area (Å²) in [6.07, 6.45) is 5.31. The first-order chi connectivity index (χ1) is 19.3. The summed E-state index contributed by atoms with van der Waals surface area (Å²) in [5, 5.41) is 4.20. The number of oxazole rings is 1. The fourth-order valence-electron chi connectivity index (χ4n) is 6.10. The fraction of sp³-hybridized carbons (Fsp3) is 0.630. The van der Waals surface area contributed by atoms with Gasteiger partial charge in [-0.3, -0.25) is 9.36 Å². The van der Waals surface area contributed by atoms with Gasteiger partial charge >= 0.3 is 5.76 Å². The lowest BCUT2D eigenvalue weighted by Gasteiger charge is -2.36. The molecule has 0 aliphatic carbocycles. The van der Waals surface area contributed by atoms with Gasteiger partial charge in [-0.05, 0) is 56.6 Å². The second kappa shape index (κ2) is 11.1. The Morgan fingerprint density at radius 2 is 1.75 bits per heavy atom. The second-order valence-electron chi connectivity index (χ2n) is 11.1. The fourth-order valence-corrected chi connectivity index (χ4v) is 7.59. The monoisotopic (exact) mass is 573 g/mol. The lowest BCUT2D eigenvalue weighted by molar-refractivity contribution is -0.138. The zero-order chi connectivity index (χ0) is 27.9. The van der Waals surface area contributed by atoms with Crippen molar-refractivity contribution >= 4 is 27.0 Å². The Morgan fingerprint density at radius 3 is 2.48 bits per heavy atom. The van der Waals surface area contributed by atoms with E-state index < -0.39 is 15.8 Å². The molecule has 13 heteroatoms. The summed E-state index contributed by atoms with van der Waals surface area (Å²) in [6, 6.07) is 4.47. The van der Waals surface area contributed by atoms with Crippen molar-refractivity contribution in [1.29, 1.82) is 0 Å². The van der Waals surface area contributed by atoms with E-state index in [-0.39, 0.29) is 35.4 Å². The molecular formula is C27H35N5O7S. The maximum Gasteiger partial charge on any atom is 0.419 e. The van der Waals surface area contributed by atoms with E-state index in [1.165, 1.54) is 21.0 Å². The van der Waals surface area contributed by atoms with E-state index >= 15 is 0 Å². The smallest absolute Gasteiger partial charge is 0.408 e. The third-order valence-corrected chi connectivity index (χ3v) is 10.6. The molecule has 40 heavy (non-hydrogen) atoms. The van der Waals surface area contributed by atoms with Gasteiger partial charge in [-0.2, -0.15) is 9.29 Å². The van der Waals surface area contributed by atoms with Crippen molar-refractivity contribution in [3.63, 3.8) is 0 Å². The van der Waals surface area contributed by atoms with E-state index in [1.807, 2.05) is 4.90 Å². The molecule has 12 nitrogen and oxygen atoms in total. The Kier molecular flexibility index (Phi) is 7.53. The van der Waals surface area contributed by atoms with Crippen molar-refractivity contribution in [2.24, 2.45) is 18.9 Å². The molecule has 0 bridgehead atoms. The molecule has 6 rings (SSSR count). The second-order valence-corrected chi connectivity index (χ2v) is 13.1. The summed E-state index contributed by atoms with van der Waals surface area (Å²) >= 11 is 0. The molecule has 0 spiro atoms. The Bertz CT molecular complexity index is 1520. The third-order valence-electron chi connectivity index (χ3n) is 8.66. The highest BCUT2D eigenvalue weighted by molar-refractivity contribution is 7.89. The number of likely N-dealkylation sites (tertiary alicyclic amines) is 1. The van der Waals surface area contributed by atoms with Gasteiger partial charge in [0.1, 0.15) is 0 Å². The average molecular weight is 574 g/mol. The number of hydrogen-bond acceptors (Lipinski definition) is 9. The molecule has 3 saturated heterocycles. The summed E-state index contributed by atoms with van der Waals surface area (Å²) in [5.74, 6) is 1.55. The molecule has 0 saturated carbocycles. The summed E-state index contributed by atoms with van der Waals surface area (Å²) in [6.45, 7) is 3.40. The molecule has 1 amide bonds. The number of amides is 1. The van der Waals surface area contributed by atoms with Gasteiger partial charge in [0.2, 0.25) is 21.8 Å². The van der Waals surface area contributed by atoms with Crippen LogP contribution in [0, 0.1) is 11.8 Å². The van der Waals surface area contributed by atoms with Gasteiger partial charge in [-0.1, -0.05) is 5.16 Å². The molecule has 5 heterocycles. The molecule has 3 aromatic rings. The standard InChI is InChI=1S/C27H35N5O7S/c1-30-22-3-2-21(17-23(22)38-27(30)34)40(35,36)32-12-6-20(7-13-32)26(33)31-10-4-18(5-11-31)16-24-28-25(29-39-24)19-8-14-37-15-9-19/h2-3,17-20H,4-16H2,1H3. The van der Waals surface area contributed by atoms with Crippen LogP contribution in [0.1, 0.15) is 56.2 Å². The first-order valence-corrected chi connectivity index (χ1v) is 15.5. The molecule has 3 aliphatic heterocycles. The number of sulfonamides is 1. The first-order valence-electron chi connectivity index (χ1n) is 14.1. The van der Waals surface area contributed by atoms with Gasteiger partial charge in [0.25, 0.3) is 0 Å². The number of nitrogens with zero attached hydrogens (tertiary/aromatic N) is 5. The van der Waals surface area contributed by atoms with Crippen molar-refractivity contribution in [3.05, 3.63) is 40.5 Å². The van der Waals surface area contributed by atoms with Crippen molar-refractivity contribution in [2.45, 2.75) is 55.8 Å². The Hall–Kier alpha value is -3.03. The van der Waals surface area contributed by atoms with Gasteiger partial charge in [-0.25, -0.2) is 13.2 Å². The summed E-state index contributed by atoms with van der Waals surface area (Å²) in [5.41, 5.74) is 0.773. The largest absolute Gasteiger partial charge is 0.419 e. The van der Waals surface area contributed by atoms with Crippen molar-refractivity contribution < 1.29 is 26.9 Å². The van der Waals surface area contributed by atoms with Gasteiger partial charge in [-0.15, -0.1) is 0 Å². The van der Waals surface area contributed by atoms with E-state index in [0.29, 0.717) is 49.2 Å². The zero-order valence-corrected chi connectivity index (χ0v) is 23.5. The minimum Gasteiger partial charge on any atom is -0.408 e. The number of hydrogen-bond donors (Lipinski definition) is 0. The van der Waals surface area contributed by atoms with Crippen LogP contribution in [-0.4, -0.2) is 77.6 Å². The predicted molar refractivity (Wildman–Crippen MR) is 143 cm³/mol. The van der Waals surface area contributed by atoms with E-state index in [1.54, 1.807) is 13.1 Å². The number of carbonyl (C=O) groups excluding carboxylic acids is 1. The molecule has 2 aromatic heterocycles. The van der Waals surface area contributed by atoms with Crippen LogP contribution in [0.15, 0.2) is 36.8 Å². The molecule has 3 fully saturated rings. The van der Waals surface area contributed by atoms with Crippen molar-refractivity contribution in [1.82, 2.24) is 23.9 Å². The molecule has 0 unspecified atom stereocenters. The summed E-state index contributed by atoms with van der Waals surface area (Å²) < 4.78 is 45.4. The highest BCUT2D eigenvalue weighted by atomic mass is 32.2. The summed E-state index contributed by atoms with van der Waals surface area (Å²) in [7, 11) is -2.19. The van der Waals surface area contributed by atoms with E-state index in [4.69, 9.17) is 13.7 Å². The molecule has 1 aromatic carbocycles. The first kappa shape index (κ1) is 27.2. The number of carbonyl (C=O) groups is 1. The highest BCUT2D eigenvalue weighted by Crippen LogP contribution is 2.30. The molecule has 216 valence electrons. The molecular weight excluding hydrogens is 538 g/mol. The normalized spacial score (nSPS) is 20.9. The Balaban J connectivity index is 0.994. The number of fused-ring (bicyclic) bond motifs is 1. The van der Waals surface area contributed by atoms with Gasteiger partial charge in [0.15, 0.2) is 11.4 Å². The van der Waals surface area contributed by atoms with Crippen molar-refractivity contribution in [3.8, 4) is 0 Å². The number of aryl methyl sites for hydroxylation is 1. The zero-order valence-electron chi connectivity index (χ0n) is 22.7. The number of aromatic nitrogens is 3.